The molecule has 0 unspecified atom stereocenters. The molecule has 0 saturated carbocycles. The largest absolute Gasteiger partial charge is 0.458 e. The third-order valence-electron chi connectivity index (χ3n) is 4.73. The fourth-order valence-electron chi connectivity index (χ4n) is 3.33. The predicted octanol–water partition coefficient (Wildman–Crippen LogP) is 3.89. The normalized spacial score (nSPS) is 18.7. The Bertz CT molecular complexity index is 891. The summed E-state index contributed by atoms with van der Waals surface area (Å²) in [7, 11) is -1.67. The number of carbonyl (C=O) groups excluding carboxylic acids is 1. The number of non-ortho nitro benzene ring substituents is 1. The lowest BCUT2D eigenvalue weighted by Gasteiger charge is -2.36. The molecule has 0 spiro atoms. The summed E-state index contributed by atoms with van der Waals surface area (Å²) in [6, 6.07) is 5.66. The van der Waals surface area contributed by atoms with Gasteiger partial charge in [0, 0.05) is 45.3 Å². The average molecular weight is 488 g/mol. The van der Waals surface area contributed by atoms with Crippen LogP contribution in [-0.2, 0) is 37.6 Å². The highest BCUT2D eigenvalue weighted by atomic mass is 31.2. The van der Waals surface area contributed by atoms with Crippen LogP contribution in [0.2, 0.25) is 0 Å². The second kappa shape index (κ2) is 12.2. The number of hydroxylamine groups is 2. The molecular weight excluding hydrogens is 459 g/mol. The van der Waals surface area contributed by atoms with Crippen molar-refractivity contribution in [1.82, 2.24) is 5.23 Å². The third kappa shape index (κ3) is 6.17. The fraction of sp³-hybridized carbons (Fsp3) is 0.550. The summed E-state index contributed by atoms with van der Waals surface area (Å²) < 4.78 is 35.4. The summed E-state index contributed by atoms with van der Waals surface area (Å²) in [5.41, 5.74) is 0.414. The van der Waals surface area contributed by atoms with Gasteiger partial charge < -0.3 is 18.5 Å². The Morgan fingerprint density at radius 3 is 2.15 bits per heavy atom. The Morgan fingerprint density at radius 2 is 1.70 bits per heavy atom. The Labute approximate surface area is 191 Å². The maximum atomic E-state index is 13.6. The average Bonchev–Trinajstić information content (AvgIpc) is 2.82. The topological polar surface area (TPSA) is 136 Å². The Hall–Kier alpha value is -2.34. The highest BCUT2D eigenvalue weighted by molar-refractivity contribution is 7.58. The van der Waals surface area contributed by atoms with Gasteiger partial charge in [-0.3, -0.25) is 19.5 Å². The van der Waals surface area contributed by atoms with Gasteiger partial charge in [0.05, 0.1) is 23.5 Å². The van der Waals surface area contributed by atoms with Crippen LogP contribution in [0.5, 0.6) is 0 Å². The molecule has 2 atom stereocenters. The molecule has 1 aliphatic rings. The first kappa shape index (κ1) is 26.9. The van der Waals surface area contributed by atoms with E-state index in [1.807, 2.05) is 0 Å². The molecule has 1 aromatic carbocycles. The van der Waals surface area contributed by atoms with Crippen molar-refractivity contribution in [2.24, 2.45) is 0 Å². The van der Waals surface area contributed by atoms with Gasteiger partial charge in [-0.15, -0.1) is 0 Å². The number of rotatable bonds is 12. The number of amides is 1. The minimum absolute atomic E-state index is 0.0632. The molecule has 0 aromatic heterocycles. The molecule has 12 nitrogen and oxygen atoms in total. The summed E-state index contributed by atoms with van der Waals surface area (Å²) >= 11 is 0. The molecule has 1 amide bonds. The van der Waals surface area contributed by atoms with Crippen molar-refractivity contribution in [2.45, 2.75) is 39.4 Å². The van der Waals surface area contributed by atoms with Gasteiger partial charge in [0.15, 0.2) is 0 Å². The highest BCUT2D eigenvalue weighted by Crippen LogP contribution is 2.63. The second-order valence-electron chi connectivity index (χ2n) is 6.61. The first-order valence-electron chi connectivity index (χ1n) is 10.3. The summed E-state index contributed by atoms with van der Waals surface area (Å²) in [6.07, 6.45) is -0.734. The van der Waals surface area contributed by atoms with E-state index in [1.54, 1.807) is 20.8 Å². The summed E-state index contributed by atoms with van der Waals surface area (Å²) in [6.45, 7) is 5.58. The molecule has 1 aromatic rings. The summed E-state index contributed by atoms with van der Waals surface area (Å²) in [5, 5.41) is 11.7. The molecule has 184 valence electrons. The number of nitro benzene ring substituents is 1. The number of ether oxygens (including phenoxy) is 2. The van der Waals surface area contributed by atoms with Crippen molar-refractivity contribution in [1.29, 1.82) is 0 Å². The van der Waals surface area contributed by atoms with E-state index in [4.69, 9.17) is 28.2 Å². The molecule has 0 N–H and O–H groups in total. The van der Waals surface area contributed by atoms with Crippen molar-refractivity contribution in [3.8, 4) is 0 Å². The van der Waals surface area contributed by atoms with Crippen molar-refractivity contribution in [3.63, 3.8) is 0 Å². The molecule has 0 radical (unpaired) electrons. The number of benzene rings is 1. The number of hydrogen-bond acceptors (Lipinski definition) is 10. The van der Waals surface area contributed by atoms with Crippen molar-refractivity contribution < 1.29 is 42.5 Å². The van der Waals surface area contributed by atoms with E-state index in [0.717, 1.165) is 0 Å². The van der Waals surface area contributed by atoms with Crippen LogP contribution in [0.3, 0.4) is 0 Å². The van der Waals surface area contributed by atoms with Crippen LogP contribution in [-0.4, -0.2) is 56.4 Å². The minimum atomic E-state index is -4.04. The molecule has 2 rings (SSSR count). The molecule has 0 saturated heterocycles. The molecule has 0 aliphatic carbocycles. The SMILES string of the molecule is CCO[C@H]1C[C@@H](c2ccc([N+](=O)[O-])cc2)C(P(=O)(OC)OC)=C(C(=O)N(OCC)OCC)O1. The number of hydrogen-bond donors (Lipinski definition) is 0. The van der Waals surface area contributed by atoms with Gasteiger partial charge in [0.25, 0.3) is 5.69 Å². The minimum Gasteiger partial charge on any atom is -0.458 e. The lowest BCUT2D eigenvalue weighted by atomic mass is 9.92. The van der Waals surface area contributed by atoms with E-state index in [2.05, 4.69) is 0 Å². The van der Waals surface area contributed by atoms with Crippen LogP contribution >= 0.6 is 7.60 Å². The van der Waals surface area contributed by atoms with Gasteiger partial charge in [0.1, 0.15) is 0 Å². The van der Waals surface area contributed by atoms with Gasteiger partial charge in [-0.05, 0) is 26.3 Å². The van der Waals surface area contributed by atoms with Gasteiger partial charge in [-0.1, -0.05) is 17.4 Å². The lowest BCUT2D eigenvalue weighted by molar-refractivity contribution is -0.384. The molecule has 1 aliphatic heterocycles. The highest BCUT2D eigenvalue weighted by Gasteiger charge is 2.47. The van der Waals surface area contributed by atoms with E-state index >= 15 is 0 Å². The van der Waals surface area contributed by atoms with Crippen molar-refractivity contribution in [3.05, 3.63) is 51.0 Å². The summed E-state index contributed by atoms with van der Waals surface area (Å²) in [4.78, 5) is 34.4. The molecule has 1 heterocycles. The molecule has 33 heavy (non-hydrogen) atoms. The number of allylic oxidation sites excluding steroid dienone is 1. The standard InChI is InChI=1S/C20H29N2O10P/c1-6-29-17-13-16(14-9-11-15(12-10-14)21(24)25)19(33(26,27-4)28-5)18(32-17)20(23)22(30-7-2)31-8-3/h9-12,16-17H,6-8,13H2,1-5H3/t16-,17+/m0/s1. The van der Waals surface area contributed by atoms with Gasteiger partial charge >= 0.3 is 13.5 Å². The van der Waals surface area contributed by atoms with Crippen LogP contribution in [0, 0.1) is 10.1 Å². The molecule has 0 fully saturated rings. The molecule has 0 bridgehead atoms. The monoisotopic (exact) mass is 488 g/mol. The van der Waals surface area contributed by atoms with Crippen molar-refractivity contribution >= 4 is 19.2 Å². The quantitative estimate of drug-likeness (QED) is 0.242. The zero-order valence-corrected chi connectivity index (χ0v) is 20.1. The fourth-order valence-corrected chi connectivity index (χ4v) is 4.91. The number of nitro groups is 1. The number of carbonyl (C=O) groups is 1. The van der Waals surface area contributed by atoms with E-state index in [1.165, 1.54) is 38.5 Å². The van der Waals surface area contributed by atoms with E-state index in [-0.39, 0.29) is 43.0 Å². The van der Waals surface area contributed by atoms with Crippen LogP contribution in [0.15, 0.2) is 35.3 Å². The maximum Gasteiger partial charge on any atom is 0.361 e. The smallest absolute Gasteiger partial charge is 0.361 e. The van der Waals surface area contributed by atoms with Crippen LogP contribution < -0.4 is 0 Å². The van der Waals surface area contributed by atoms with Crippen molar-refractivity contribution in [2.75, 3.05) is 34.0 Å². The van der Waals surface area contributed by atoms with Gasteiger partial charge in [-0.2, -0.15) is 0 Å². The van der Waals surface area contributed by atoms with Gasteiger partial charge in [-0.25, -0.2) is 9.68 Å². The van der Waals surface area contributed by atoms with Crippen LogP contribution in [0.1, 0.15) is 38.7 Å². The Balaban J connectivity index is 2.72. The van der Waals surface area contributed by atoms with Crippen LogP contribution in [0.25, 0.3) is 0 Å². The molecular formula is C20H29N2O10P. The van der Waals surface area contributed by atoms with E-state index in [0.29, 0.717) is 10.8 Å². The number of nitrogens with zero attached hydrogens (tertiary/aromatic N) is 2. The van der Waals surface area contributed by atoms with Crippen LogP contribution in [0.4, 0.5) is 5.69 Å². The summed E-state index contributed by atoms with van der Waals surface area (Å²) in [5.74, 6) is -1.97. The first-order chi connectivity index (χ1) is 15.8. The van der Waals surface area contributed by atoms with Gasteiger partial charge in [0.2, 0.25) is 12.0 Å². The zero-order valence-electron chi connectivity index (χ0n) is 19.2. The van der Waals surface area contributed by atoms with E-state index in [9.17, 15) is 19.5 Å². The van der Waals surface area contributed by atoms with E-state index < -0.39 is 30.6 Å². The second-order valence-corrected chi connectivity index (χ2v) is 8.82. The molecule has 13 heteroatoms. The predicted molar refractivity (Wildman–Crippen MR) is 116 cm³/mol. The first-order valence-corrected chi connectivity index (χ1v) is 11.9. The Morgan fingerprint density at radius 1 is 1.12 bits per heavy atom. The Kier molecular flexibility index (Phi) is 9.96. The third-order valence-corrected chi connectivity index (χ3v) is 6.79. The maximum absolute atomic E-state index is 13.6. The zero-order chi connectivity index (χ0) is 24.6. The lowest BCUT2D eigenvalue weighted by Crippen LogP contribution is -2.38.